The van der Waals surface area contributed by atoms with Gasteiger partial charge in [-0.05, 0) is 38.0 Å². The molecule has 2 amide bonds. The number of benzene rings is 2. The number of para-hydroxylation sites is 1. The third-order valence-electron chi connectivity index (χ3n) is 4.07. The van der Waals surface area contributed by atoms with Crippen LogP contribution in [0.25, 0.3) is 10.6 Å². The van der Waals surface area contributed by atoms with Crippen LogP contribution in [0.1, 0.15) is 21.7 Å². The number of nitrogens with one attached hydrogen (secondary N) is 2. The van der Waals surface area contributed by atoms with Gasteiger partial charge in [-0.1, -0.05) is 42.5 Å². The molecule has 0 bridgehead atoms. The van der Waals surface area contributed by atoms with Crippen LogP contribution in [0.15, 0.2) is 48.5 Å². The molecule has 0 fully saturated rings. The number of carbonyl (C=O) groups excluding carboxylic acids is 1. The Bertz CT molecular complexity index is 901. The number of anilines is 1. The average molecular weight is 351 g/mol. The van der Waals surface area contributed by atoms with Crippen molar-refractivity contribution in [3.05, 3.63) is 70.2 Å². The van der Waals surface area contributed by atoms with E-state index in [1.54, 1.807) is 11.3 Å². The number of amides is 2. The molecule has 2 N–H and O–H groups in total. The highest BCUT2D eigenvalue weighted by molar-refractivity contribution is 7.15. The van der Waals surface area contributed by atoms with E-state index in [1.165, 1.54) is 5.56 Å². The normalized spacial score (nSPS) is 10.5. The quantitative estimate of drug-likeness (QED) is 0.690. The number of hydrogen-bond acceptors (Lipinski definition) is 3. The molecule has 0 saturated carbocycles. The molecule has 128 valence electrons. The summed E-state index contributed by atoms with van der Waals surface area (Å²) in [5.74, 6) is 0. The molecule has 1 heterocycles. The van der Waals surface area contributed by atoms with Crippen LogP contribution in [-0.4, -0.2) is 11.0 Å². The topological polar surface area (TPSA) is 54.0 Å². The second kappa shape index (κ2) is 7.49. The maximum Gasteiger partial charge on any atom is 0.319 e. The zero-order chi connectivity index (χ0) is 17.8. The molecule has 0 unspecified atom stereocenters. The lowest BCUT2D eigenvalue weighted by Gasteiger charge is -2.09. The number of aromatic nitrogens is 1. The van der Waals surface area contributed by atoms with Crippen LogP contribution in [0, 0.1) is 20.8 Å². The summed E-state index contributed by atoms with van der Waals surface area (Å²) in [5.41, 5.74) is 5.16. The molecule has 3 aromatic rings. The van der Waals surface area contributed by atoms with Crippen molar-refractivity contribution in [3.8, 4) is 10.6 Å². The van der Waals surface area contributed by atoms with Crippen LogP contribution in [0.2, 0.25) is 0 Å². The van der Waals surface area contributed by atoms with Gasteiger partial charge in [0, 0.05) is 16.1 Å². The molecule has 0 aliphatic rings. The smallest absolute Gasteiger partial charge is 0.319 e. The molecule has 0 saturated heterocycles. The lowest BCUT2D eigenvalue weighted by molar-refractivity contribution is 0.252. The van der Waals surface area contributed by atoms with Gasteiger partial charge in [0.15, 0.2) is 0 Å². The van der Waals surface area contributed by atoms with E-state index in [-0.39, 0.29) is 6.03 Å². The Morgan fingerprint density at radius 1 is 1.00 bits per heavy atom. The van der Waals surface area contributed by atoms with Gasteiger partial charge >= 0.3 is 6.03 Å². The van der Waals surface area contributed by atoms with E-state index in [2.05, 4.69) is 34.7 Å². The molecule has 3 rings (SSSR count). The molecule has 0 radical (unpaired) electrons. The summed E-state index contributed by atoms with van der Waals surface area (Å²) < 4.78 is 0. The lowest BCUT2D eigenvalue weighted by Crippen LogP contribution is -2.28. The summed E-state index contributed by atoms with van der Waals surface area (Å²) >= 11 is 1.62. The predicted molar refractivity (Wildman–Crippen MR) is 104 cm³/mol. The predicted octanol–water partition coefficient (Wildman–Crippen LogP) is 5.06. The molecular formula is C20H21N3OS. The number of hydrogen-bond donors (Lipinski definition) is 2. The Morgan fingerprint density at radius 2 is 1.68 bits per heavy atom. The number of thiazole rings is 1. The second-order valence-electron chi connectivity index (χ2n) is 5.97. The SMILES string of the molecule is Cc1ccccc1NC(=O)NCc1sc(-c2ccccc2C)nc1C. The first-order valence-corrected chi connectivity index (χ1v) is 8.99. The minimum absolute atomic E-state index is 0.209. The van der Waals surface area contributed by atoms with E-state index in [1.807, 2.05) is 50.2 Å². The Labute approximate surface area is 151 Å². The van der Waals surface area contributed by atoms with Crippen LogP contribution in [0.5, 0.6) is 0 Å². The molecular weight excluding hydrogens is 330 g/mol. The van der Waals surface area contributed by atoms with Gasteiger partial charge < -0.3 is 10.6 Å². The average Bonchev–Trinajstić information content (AvgIpc) is 2.96. The Hall–Kier alpha value is -2.66. The first kappa shape index (κ1) is 17.2. The first-order valence-electron chi connectivity index (χ1n) is 8.17. The van der Waals surface area contributed by atoms with E-state index in [9.17, 15) is 4.79 Å². The van der Waals surface area contributed by atoms with Crippen LogP contribution in [0.3, 0.4) is 0 Å². The minimum Gasteiger partial charge on any atom is -0.333 e. The lowest BCUT2D eigenvalue weighted by atomic mass is 10.1. The van der Waals surface area contributed by atoms with Crippen molar-refractivity contribution in [3.63, 3.8) is 0 Å². The summed E-state index contributed by atoms with van der Waals surface area (Å²) in [4.78, 5) is 17.9. The van der Waals surface area contributed by atoms with Gasteiger partial charge in [0.2, 0.25) is 0 Å². The highest BCUT2D eigenvalue weighted by atomic mass is 32.1. The van der Waals surface area contributed by atoms with Gasteiger partial charge in [-0.2, -0.15) is 0 Å². The van der Waals surface area contributed by atoms with Crippen molar-refractivity contribution >= 4 is 23.1 Å². The summed E-state index contributed by atoms with van der Waals surface area (Å²) in [6, 6.07) is 15.7. The highest BCUT2D eigenvalue weighted by Crippen LogP contribution is 2.30. The molecule has 1 aromatic heterocycles. The monoisotopic (exact) mass is 351 g/mol. The molecule has 0 spiro atoms. The van der Waals surface area contributed by atoms with Crippen LogP contribution in [-0.2, 0) is 6.54 Å². The largest absolute Gasteiger partial charge is 0.333 e. The maximum absolute atomic E-state index is 12.1. The number of nitrogens with zero attached hydrogens (tertiary/aromatic N) is 1. The van der Waals surface area contributed by atoms with Crippen molar-refractivity contribution in [2.24, 2.45) is 0 Å². The van der Waals surface area contributed by atoms with Crippen LogP contribution >= 0.6 is 11.3 Å². The van der Waals surface area contributed by atoms with Crippen molar-refractivity contribution in [2.75, 3.05) is 5.32 Å². The molecule has 2 aromatic carbocycles. The van der Waals surface area contributed by atoms with E-state index < -0.39 is 0 Å². The molecule has 0 aliphatic heterocycles. The molecule has 0 aliphatic carbocycles. The van der Waals surface area contributed by atoms with Gasteiger partial charge in [0.1, 0.15) is 5.01 Å². The van der Waals surface area contributed by atoms with E-state index in [4.69, 9.17) is 0 Å². The van der Waals surface area contributed by atoms with Gasteiger partial charge in [0.05, 0.1) is 12.2 Å². The summed E-state index contributed by atoms with van der Waals surface area (Å²) in [6.45, 7) is 6.50. The van der Waals surface area contributed by atoms with Crippen LogP contribution < -0.4 is 10.6 Å². The number of aryl methyl sites for hydroxylation is 3. The van der Waals surface area contributed by atoms with E-state index in [0.717, 1.165) is 32.4 Å². The third kappa shape index (κ3) is 4.06. The molecule has 5 heteroatoms. The third-order valence-corrected chi connectivity index (χ3v) is 5.26. The van der Waals surface area contributed by atoms with Gasteiger partial charge in [0.25, 0.3) is 0 Å². The summed E-state index contributed by atoms with van der Waals surface area (Å²) in [7, 11) is 0. The number of carbonyl (C=O) groups is 1. The molecule has 4 nitrogen and oxygen atoms in total. The summed E-state index contributed by atoms with van der Waals surface area (Å²) in [5, 5.41) is 6.79. The van der Waals surface area contributed by atoms with Crippen molar-refractivity contribution in [1.82, 2.24) is 10.3 Å². The maximum atomic E-state index is 12.1. The fourth-order valence-electron chi connectivity index (χ4n) is 2.56. The fraction of sp³-hybridized carbons (Fsp3) is 0.200. The number of urea groups is 1. The first-order chi connectivity index (χ1) is 12.0. The van der Waals surface area contributed by atoms with Crippen LogP contribution in [0.4, 0.5) is 10.5 Å². The zero-order valence-electron chi connectivity index (χ0n) is 14.6. The highest BCUT2D eigenvalue weighted by Gasteiger charge is 2.12. The summed E-state index contributed by atoms with van der Waals surface area (Å²) in [6.07, 6.45) is 0. The van der Waals surface area contributed by atoms with Gasteiger partial charge in [-0.3, -0.25) is 0 Å². The number of rotatable bonds is 4. The Balaban J connectivity index is 1.67. The van der Waals surface area contributed by atoms with Crippen molar-refractivity contribution in [1.29, 1.82) is 0 Å². The zero-order valence-corrected chi connectivity index (χ0v) is 15.4. The Kier molecular flexibility index (Phi) is 5.14. The van der Waals surface area contributed by atoms with E-state index in [0.29, 0.717) is 6.54 Å². The second-order valence-corrected chi connectivity index (χ2v) is 7.05. The van der Waals surface area contributed by atoms with Crippen molar-refractivity contribution in [2.45, 2.75) is 27.3 Å². The van der Waals surface area contributed by atoms with E-state index >= 15 is 0 Å². The van der Waals surface area contributed by atoms with Crippen molar-refractivity contribution < 1.29 is 4.79 Å². The van der Waals surface area contributed by atoms with Gasteiger partial charge in [-0.25, -0.2) is 9.78 Å². The molecule has 0 atom stereocenters. The van der Waals surface area contributed by atoms with Gasteiger partial charge in [-0.15, -0.1) is 11.3 Å². The fourth-order valence-corrected chi connectivity index (χ4v) is 3.65. The standard InChI is InChI=1S/C20H21N3OS/c1-13-8-4-6-10-16(13)19-22-15(3)18(25-19)12-21-20(24)23-17-11-7-5-9-14(17)2/h4-11H,12H2,1-3H3,(H2,21,23,24). The molecule has 25 heavy (non-hydrogen) atoms. The minimum atomic E-state index is -0.209. The Morgan fingerprint density at radius 3 is 2.40 bits per heavy atom.